The molecule has 3 aliphatic rings. The monoisotopic (exact) mass is 346 g/mol. The van der Waals surface area contributed by atoms with Crippen molar-refractivity contribution in [3.05, 3.63) is 35.6 Å². The summed E-state index contributed by atoms with van der Waals surface area (Å²) in [6.07, 6.45) is 2.83. The highest BCUT2D eigenvalue weighted by atomic mass is 19.1. The number of nitrogens with zero attached hydrogens (tertiary/aromatic N) is 2. The Labute approximate surface area is 148 Å². The summed E-state index contributed by atoms with van der Waals surface area (Å²) in [5.74, 6) is 0.480. The number of hydrogen-bond donors (Lipinski definition) is 0. The Bertz CT molecular complexity index is 623. The third kappa shape index (κ3) is 2.97. The van der Waals surface area contributed by atoms with E-state index in [1.807, 2.05) is 0 Å². The van der Waals surface area contributed by atoms with Crippen LogP contribution in [0.15, 0.2) is 24.3 Å². The first-order valence-corrected chi connectivity index (χ1v) is 9.47. The predicted molar refractivity (Wildman–Crippen MR) is 93.9 cm³/mol. The third-order valence-electron chi connectivity index (χ3n) is 6.39. The quantitative estimate of drug-likeness (QED) is 0.843. The van der Waals surface area contributed by atoms with Crippen LogP contribution in [0.5, 0.6) is 0 Å². The van der Waals surface area contributed by atoms with Crippen LogP contribution in [-0.4, -0.2) is 61.1 Å². The molecule has 1 amide bonds. The Morgan fingerprint density at radius 3 is 2.44 bits per heavy atom. The van der Waals surface area contributed by atoms with E-state index in [0.29, 0.717) is 12.0 Å². The topological polar surface area (TPSA) is 32.8 Å². The van der Waals surface area contributed by atoms with Crippen molar-refractivity contribution in [2.45, 2.75) is 37.6 Å². The molecule has 0 aromatic heterocycles. The molecule has 0 radical (unpaired) electrons. The number of hydrogen-bond acceptors (Lipinski definition) is 3. The summed E-state index contributed by atoms with van der Waals surface area (Å²) < 4.78 is 18.8. The Morgan fingerprint density at radius 2 is 1.84 bits per heavy atom. The van der Waals surface area contributed by atoms with Crippen molar-refractivity contribution in [3.8, 4) is 0 Å². The number of carbonyl (C=O) groups excluding carboxylic acids is 1. The van der Waals surface area contributed by atoms with Crippen molar-refractivity contribution >= 4 is 5.91 Å². The number of morpholine rings is 1. The molecule has 136 valence electrons. The van der Waals surface area contributed by atoms with Gasteiger partial charge in [0, 0.05) is 32.2 Å². The number of rotatable bonds is 3. The number of amides is 1. The van der Waals surface area contributed by atoms with E-state index in [1.165, 1.54) is 12.1 Å². The molecule has 1 aromatic rings. The lowest BCUT2D eigenvalue weighted by molar-refractivity contribution is -0.140. The second-order valence-corrected chi connectivity index (χ2v) is 7.85. The molecule has 0 N–H and O–H groups in total. The number of ether oxygens (including phenoxy) is 1. The second-order valence-electron chi connectivity index (χ2n) is 7.85. The van der Waals surface area contributed by atoms with Crippen LogP contribution < -0.4 is 0 Å². The predicted octanol–water partition coefficient (Wildman–Crippen LogP) is 2.43. The molecule has 5 heteroatoms. The fourth-order valence-electron chi connectivity index (χ4n) is 4.73. The maximum atomic E-state index is 13.4. The summed E-state index contributed by atoms with van der Waals surface area (Å²) in [5, 5.41) is 0. The van der Waals surface area contributed by atoms with Crippen LogP contribution >= 0.6 is 0 Å². The van der Waals surface area contributed by atoms with Gasteiger partial charge in [-0.2, -0.15) is 0 Å². The number of benzene rings is 1. The molecule has 1 aromatic carbocycles. The van der Waals surface area contributed by atoms with Crippen LogP contribution in [0.2, 0.25) is 0 Å². The van der Waals surface area contributed by atoms with E-state index in [-0.39, 0.29) is 11.7 Å². The standard InChI is InChI=1S/C20H27FN2O2/c1-15-13-23(14-18(15)22-9-11-25-12-10-22)19(24)20(7-2-8-20)16-3-5-17(21)6-4-16/h3-6,15,18H,2,7-14H2,1H3/t15-,18+/m0/s1. The first-order chi connectivity index (χ1) is 12.1. The maximum absolute atomic E-state index is 13.4. The van der Waals surface area contributed by atoms with Crippen LogP contribution in [0.4, 0.5) is 4.39 Å². The zero-order chi connectivity index (χ0) is 17.4. The summed E-state index contributed by atoms with van der Waals surface area (Å²) in [7, 11) is 0. The highest BCUT2D eigenvalue weighted by molar-refractivity contribution is 5.89. The normalized spacial score (nSPS) is 29.4. The van der Waals surface area contributed by atoms with Gasteiger partial charge in [0.25, 0.3) is 0 Å². The van der Waals surface area contributed by atoms with Gasteiger partial charge in [-0.3, -0.25) is 9.69 Å². The summed E-state index contributed by atoms with van der Waals surface area (Å²) >= 11 is 0. The minimum Gasteiger partial charge on any atom is -0.379 e. The molecule has 2 atom stereocenters. The van der Waals surface area contributed by atoms with E-state index in [4.69, 9.17) is 4.74 Å². The highest BCUT2D eigenvalue weighted by Gasteiger charge is 2.50. The molecule has 1 aliphatic carbocycles. The smallest absolute Gasteiger partial charge is 0.233 e. The molecular weight excluding hydrogens is 319 g/mol. The lowest BCUT2D eigenvalue weighted by Gasteiger charge is -2.43. The minimum absolute atomic E-state index is 0.243. The first-order valence-electron chi connectivity index (χ1n) is 9.47. The van der Waals surface area contributed by atoms with Crippen LogP contribution in [0.25, 0.3) is 0 Å². The van der Waals surface area contributed by atoms with Gasteiger partial charge >= 0.3 is 0 Å². The van der Waals surface area contributed by atoms with Crippen molar-refractivity contribution in [1.29, 1.82) is 0 Å². The molecule has 2 saturated heterocycles. The van der Waals surface area contributed by atoms with Gasteiger partial charge in [0.2, 0.25) is 5.91 Å². The molecule has 0 spiro atoms. The Kier molecular flexibility index (Phi) is 4.54. The molecule has 3 fully saturated rings. The Balaban J connectivity index is 1.51. The van der Waals surface area contributed by atoms with Gasteiger partial charge in [-0.05, 0) is 36.5 Å². The molecule has 25 heavy (non-hydrogen) atoms. The van der Waals surface area contributed by atoms with Crippen molar-refractivity contribution in [2.24, 2.45) is 5.92 Å². The zero-order valence-electron chi connectivity index (χ0n) is 14.9. The molecule has 0 bridgehead atoms. The zero-order valence-corrected chi connectivity index (χ0v) is 14.9. The largest absolute Gasteiger partial charge is 0.379 e. The fraction of sp³-hybridized carbons (Fsp3) is 0.650. The third-order valence-corrected chi connectivity index (χ3v) is 6.39. The molecule has 4 rings (SSSR count). The van der Waals surface area contributed by atoms with Crippen LogP contribution in [-0.2, 0) is 14.9 Å². The van der Waals surface area contributed by atoms with Gasteiger partial charge in [-0.1, -0.05) is 25.5 Å². The van der Waals surface area contributed by atoms with E-state index >= 15 is 0 Å². The summed E-state index contributed by atoms with van der Waals surface area (Å²) in [6, 6.07) is 6.98. The number of carbonyl (C=O) groups is 1. The molecule has 2 heterocycles. The van der Waals surface area contributed by atoms with Crippen molar-refractivity contribution in [1.82, 2.24) is 9.80 Å². The van der Waals surface area contributed by atoms with E-state index in [1.54, 1.807) is 12.1 Å². The number of likely N-dealkylation sites (tertiary alicyclic amines) is 1. The van der Waals surface area contributed by atoms with Crippen LogP contribution in [0, 0.1) is 11.7 Å². The van der Waals surface area contributed by atoms with Crippen molar-refractivity contribution < 1.29 is 13.9 Å². The SMILES string of the molecule is C[C@H]1CN(C(=O)C2(c3ccc(F)cc3)CCC2)C[C@H]1N1CCOCC1. The summed E-state index contributed by atoms with van der Waals surface area (Å²) in [6.45, 7) is 7.37. The molecular formula is C20H27FN2O2. The first kappa shape index (κ1) is 17.0. The fourth-order valence-corrected chi connectivity index (χ4v) is 4.73. The second kappa shape index (κ2) is 6.69. The van der Waals surface area contributed by atoms with Gasteiger partial charge in [-0.15, -0.1) is 0 Å². The highest BCUT2D eigenvalue weighted by Crippen LogP contribution is 2.46. The lowest BCUT2D eigenvalue weighted by Crippen LogP contribution is -2.51. The Hall–Kier alpha value is -1.46. The van der Waals surface area contributed by atoms with E-state index < -0.39 is 5.41 Å². The van der Waals surface area contributed by atoms with Crippen LogP contribution in [0.3, 0.4) is 0 Å². The van der Waals surface area contributed by atoms with Gasteiger partial charge in [0.1, 0.15) is 5.82 Å². The van der Waals surface area contributed by atoms with Gasteiger partial charge in [0.05, 0.1) is 18.6 Å². The Morgan fingerprint density at radius 1 is 1.16 bits per heavy atom. The van der Waals surface area contributed by atoms with Crippen molar-refractivity contribution in [2.75, 3.05) is 39.4 Å². The molecule has 4 nitrogen and oxygen atoms in total. The summed E-state index contributed by atoms with van der Waals surface area (Å²) in [4.78, 5) is 17.9. The minimum atomic E-state index is -0.423. The number of halogens is 1. The van der Waals surface area contributed by atoms with E-state index in [0.717, 1.165) is 64.2 Å². The molecule has 0 unspecified atom stereocenters. The maximum Gasteiger partial charge on any atom is 0.233 e. The average molecular weight is 346 g/mol. The van der Waals surface area contributed by atoms with Crippen LogP contribution in [0.1, 0.15) is 31.7 Å². The van der Waals surface area contributed by atoms with E-state index in [2.05, 4.69) is 16.7 Å². The molecule has 2 aliphatic heterocycles. The van der Waals surface area contributed by atoms with E-state index in [9.17, 15) is 9.18 Å². The lowest BCUT2D eigenvalue weighted by atomic mass is 9.63. The molecule has 1 saturated carbocycles. The van der Waals surface area contributed by atoms with Gasteiger partial charge < -0.3 is 9.64 Å². The van der Waals surface area contributed by atoms with Crippen molar-refractivity contribution in [3.63, 3.8) is 0 Å². The average Bonchev–Trinajstić information content (AvgIpc) is 2.98. The van der Waals surface area contributed by atoms with Gasteiger partial charge in [0.15, 0.2) is 0 Å². The summed E-state index contributed by atoms with van der Waals surface area (Å²) in [5.41, 5.74) is 0.556. The van der Waals surface area contributed by atoms with Gasteiger partial charge in [-0.25, -0.2) is 4.39 Å².